The minimum Gasteiger partial charge on any atom is -0.462 e. The molecule has 1 saturated heterocycles. The van der Waals surface area contributed by atoms with E-state index in [4.69, 9.17) is 4.74 Å². The van der Waals surface area contributed by atoms with Crippen molar-refractivity contribution in [3.05, 3.63) is 41.6 Å². The molecule has 0 aliphatic carbocycles. The predicted octanol–water partition coefficient (Wildman–Crippen LogP) is 2.24. The molecule has 1 fully saturated rings. The second kappa shape index (κ2) is 4.17. The highest BCUT2D eigenvalue weighted by Crippen LogP contribution is 2.16. The van der Waals surface area contributed by atoms with Crippen LogP contribution in [0.4, 0.5) is 5.69 Å². The van der Waals surface area contributed by atoms with Gasteiger partial charge in [0.2, 0.25) is 0 Å². The molecule has 1 N–H and O–H groups in total. The summed E-state index contributed by atoms with van der Waals surface area (Å²) in [5, 5.41) is 3.12. The molecule has 1 aliphatic heterocycles. The number of aryl methyl sites for hydroxylation is 1. The third-order valence-corrected chi connectivity index (χ3v) is 2.41. The molecule has 1 heterocycles. The maximum Gasteiger partial charge on any atom is 0.335 e. The van der Waals surface area contributed by atoms with Gasteiger partial charge in [0.15, 0.2) is 0 Å². The van der Waals surface area contributed by atoms with Gasteiger partial charge in [0.25, 0.3) is 0 Å². The van der Waals surface area contributed by atoms with Gasteiger partial charge in [-0.15, -0.1) is 0 Å². The fourth-order valence-electron chi connectivity index (χ4n) is 1.48. The van der Waals surface area contributed by atoms with Crippen molar-refractivity contribution < 1.29 is 9.53 Å². The van der Waals surface area contributed by atoms with Crippen LogP contribution >= 0.6 is 0 Å². The number of rotatable bonds is 2. The van der Waals surface area contributed by atoms with E-state index in [0.717, 1.165) is 11.3 Å². The summed E-state index contributed by atoms with van der Waals surface area (Å²) < 4.78 is 4.84. The molecule has 15 heavy (non-hydrogen) atoms. The summed E-state index contributed by atoms with van der Waals surface area (Å²) in [5.41, 5.74) is 2.88. The van der Waals surface area contributed by atoms with Gasteiger partial charge in [0.05, 0.1) is 12.2 Å². The van der Waals surface area contributed by atoms with Gasteiger partial charge in [-0.2, -0.15) is 0 Å². The van der Waals surface area contributed by atoms with Gasteiger partial charge in [-0.25, -0.2) is 4.79 Å². The van der Waals surface area contributed by atoms with Crippen molar-refractivity contribution in [3.63, 3.8) is 0 Å². The highest BCUT2D eigenvalue weighted by Gasteiger charge is 2.17. The second-order valence-electron chi connectivity index (χ2n) is 3.51. The third-order valence-electron chi connectivity index (χ3n) is 2.41. The zero-order chi connectivity index (χ0) is 10.7. The molecule has 78 valence electrons. The van der Waals surface area contributed by atoms with Crippen LogP contribution in [0.1, 0.15) is 12.0 Å². The van der Waals surface area contributed by atoms with Gasteiger partial charge in [0.1, 0.15) is 0 Å². The first-order valence-electron chi connectivity index (χ1n) is 4.96. The number of carbonyl (C=O) groups is 1. The van der Waals surface area contributed by atoms with Crippen LogP contribution in [0.15, 0.2) is 36.0 Å². The van der Waals surface area contributed by atoms with Crippen molar-refractivity contribution >= 4 is 11.7 Å². The predicted molar refractivity (Wildman–Crippen MR) is 58.5 cm³/mol. The molecule has 0 bridgehead atoms. The zero-order valence-corrected chi connectivity index (χ0v) is 8.62. The van der Waals surface area contributed by atoms with Crippen LogP contribution in [0.2, 0.25) is 0 Å². The first-order valence-corrected chi connectivity index (χ1v) is 4.96. The van der Waals surface area contributed by atoms with Gasteiger partial charge in [-0.05, 0) is 18.6 Å². The highest BCUT2D eigenvalue weighted by molar-refractivity contribution is 5.90. The number of anilines is 1. The molecule has 0 amide bonds. The lowest BCUT2D eigenvalue weighted by molar-refractivity contribution is -0.135. The summed E-state index contributed by atoms with van der Waals surface area (Å²) in [7, 11) is 0. The summed E-state index contributed by atoms with van der Waals surface area (Å²) >= 11 is 0. The third kappa shape index (κ3) is 2.18. The number of cyclic esters (lactones) is 1. The van der Waals surface area contributed by atoms with E-state index in [1.54, 1.807) is 6.20 Å². The molecule has 0 aromatic heterocycles. The summed E-state index contributed by atoms with van der Waals surface area (Å²) in [5.74, 6) is -0.212. The van der Waals surface area contributed by atoms with Gasteiger partial charge in [-0.1, -0.05) is 18.2 Å². The van der Waals surface area contributed by atoms with E-state index in [-0.39, 0.29) is 5.97 Å². The van der Waals surface area contributed by atoms with Gasteiger partial charge in [0, 0.05) is 18.3 Å². The lowest BCUT2D eigenvalue weighted by Crippen LogP contribution is -1.99. The van der Waals surface area contributed by atoms with Crippen molar-refractivity contribution in [2.24, 2.45) is 0 Å². The first kappa shape index (κ1) is 9.77. The van der Waals surface area contributed by atoms with Crippen molar-refractivity contribution in [2.75, 3.05) is 11.9 Å². The minimum absolute atomic E-state index is 0.212. The molecular weight excluding hydrogens is 190 g/mol. The Morgan fingerprint density at radius 2 is 2.20 bits per heavy atom. The molecule has 0 radical (unpaired) electrons. The standard InChI is InChI=1S/C12H13NO2/c1-9-4-2-3-5-11(9)13-8-10-6-7-15-12(10)14/h2-5,8,13H,6-7H2,1H3/b10-8+. The van der Waals surface area contributed by atoms with Crippen LogP contribution in [0.3, 0.4) is 0 Å². The Hall–Kier alpha value is -1.77. The molecule has 1 aromatic carbocycles. The van der Waals surface area contributed by atoms with Crippen LogP contribution in [0.25, 0.3) is 0 Å². The Kier molecular flexibility index (Phi) is 2.72. The van der Waals surface area contributed by atoms with Crippen LogP contribution in [0.5, 0.6) is 0 Å². The molecule has 3 nitrogen and oxygen atoms in total. The van der Waals surface area contributed by atoms with Crippen molar-refractivity contribution in [2.45, 2.75) is 13.3 Å². The van der Waals surface area contributed by atoms with Crippen molar-refractivity contribution in [3.8, 4) is 0 Å². The number of ether oxygens (including phenoxy) is 1. The fraction of sp³-hybridized carbons (Fsp3) is 0.250. The van der Waals surface area contributed by atoms with E-state index < -0.39 is 0 Å². The van der Waals surface area contributed by atoms with E-state index in [1.165, 1.54) is 0 Å². The SMILES string of the molecule is Cc1ccccc1N/C=C1\CCOC1=O. The summed E-state index contributed by atoms with van der Waals surface area (Å²) in [6.45, 7) is 2.52. The molecule has 2 rings (SSSR count). The summed E-state index contributed by atoms with van der Waals surface area (Å²) in [6, 6.07) is 7.94. The molecule has 0 saturated carbocycles. The number of hydrogen-bond donors (Lipinski definition) is 1. The van der Waals surface area contributed by atoms with Crippen LogP contribution in [-0.4, -0.2) is 12.6 Å². The van der Waals surface area contributed by atoms with Gasteiger partial charge in [-0.3, -0.25) is 0 Å². The largest absolute Gasteiger partial charge is 0.462 e. The maximum atomic E-state index is 11.1. The van der Waals surface area contributed by atoms with E-state index in [0.29, 0.717) is 18.6 Å². The summed E-state index contributed by atoms with van der Waals surface area (Å²) in [6.07, 6.45) is 2.43. The first-order chi connectivity index (χ1) is 7.27. The Morgan fingerprint density at radius 1 is 1.40 bits per heavy atom. The molecule has 1 aliphatic rings. The normalized spacial score (nSPS) is 17.9. The van der Waals surface area contributed by atoms with Crippen LogP contribution < -0.4 is 5.32 Å². The molecule has 3 heteroatoms. The Labute approximate surface area is 88.8 Å². The van der Waals surface area contributed by atoms with E-state index in [2.05, 4.69) is 5.32 Å². The Morgan fingerprint density at radius 3 is 2.87 bits per heavy atom. The highest BCUT2D eigenvalue weighted by atomic mass is 16.5. The van der Waals surface area contributed by atoms with Gasteiger partial charge >= 0.3 is 5.97 Å². The molecule has 0 atom stereocenters. The van der Waals surface area contributed by atoms with Gasteiger partial charge < -0.3 is 10.1 Å². The van der Waals surface area contributed by atoms with Crippen molar-refractivity contribution in [1.82, 2.24) is 0 Å². The number of benzene rings is 1. The fourth-order valence-corrected chi connectivity index (χ4v) is 1.48. The quantitative estimate of drug-likeness (QED) is 0.591. The Bertz CT molecular complexity index is 410. The second-order valence-corrected chi connectivity index (χ2v) is 3.51. The number of para-hydroxylation sites is 1. The Balaban J connectivity index is 2.10. The molecular formula is C12H13NO2. The molecule has 0 spiro atoms. The lowest BCUT2D eigenvalue weighted by Gasteiger charge is -2.04. The van der Waals surface area contributed by atoms with E-state index in [1.807, 2.05) is 31.2 Å². The molecule has 0 unspecified atom stereocenters. The van der Waals surface area contributed by atoms with E-state index in [9.17, 15) is 4.79 Å². The number of carbonyl (C=O) groups excluding carboxylic acids is 1. The number of esters is 1. The van der Waals surface area contributed by atoms with Crippen LogP contribution in [0, 0.1) is 6.92 Å². The summed E-state index contributed by atoms with van der Waals surface area (Å²) in [4.78, 5) is 11.1. The average molecular weight is 203 g/mol. The lowest BCUT2D eigenvalue weighted by atomic mass is 10.2. The number of nitrogens with one attached hydrogen (secondary N) is 1. The zero-order valence-electron chi connectivity index (χ0n) is 8.62. The average Bonchev–Trinajstić information content (AvgIpc) is 2.63. The molecule has 1 aromatic rings. The monoisotopic (exact) mass is 203 g/mol. The van der Waals surface area contributed by atoms with Crippen molar-refractivity contribution in [1.29, 1.82) is 0 Å². The topological polar surface area (TPSA) is 38.3 Å². The number of hydrogen-bond acceptors (Lipinski definition) is 3. The minimum atomic E-state index is -0.212. The van der Waals surface area contributed by atoms with E-state index >= 15 is 0 Å². The maximum absolute atomic E-state index is 11.1. The van der Waals surface area contributed by atoms with Crippen LogP contribution in [-0.2, 0) is 9.53 Å². The smallest absolute Gasteiger partial charge is 0.335 e.